The third kappa shape index (κ3) is 2.40. The van der Waals surface area contributed by atoms with Gasteiger partial charge in [-0.1, -0.05) is 32.0 Å². The Morgan fingerprint density at radius 1 is 1.33 bits per heavy atom. The summed E-state index contributed by atoms with van der Waals surface area (Å²) < 4.78 is 4.89. The molecule has 0 aliphatic carbocycles. The number of methoxy groups -OCH3 is 1. The van der Waals surface area contributed by atoms with Crippen LogP contribution in [0, 0.1) is 11.8 Å². The van der Waals surface area contributed by atoms with E-state index in [1.807, 2.05) is 24.4 Å². The van der Waals surface area contributed by atoms with Gasteiger partial charge in [0.05, 0.1) is 13.0 Å². The van der Waals surface area contributed by atoms with Crippen LogP contribution in [-0.2, 0) is 16.0 Å². The first-order chi connectivity index (χ1) is 8.63. The van der Waals surface area contributed by atoms with Gasteiger partial charge in [-0.05, 0) is 24.0 Å². The van der Waals surface area contributed by atoms with Crippen LogP contribution in [-0.4, -0.2) is 18.1 Å². The molecule has 0 spiro atoms. The number of fused-ring (bicyclic) bond motifs is 1. The lowest BCUT2D eigenvalue weighted by Gasteiger charge is -2.17. The topological polar surface area (TPSA) is 42.1 Å². The SMILES string of the molecule is COC(=O)C(Cc1c[nH]c2ccccc12)C(C)C. The van der Waals surface area contributed by atoms with Crippen molar-refractivity contribution in [2.24, 2.45) is 11.8 Å². The van der Waals surface area contributed by atoms with Crippen molar-refractivity contribution in [3.63, 3.8) is 0 Å². The van der Waals surface area contributed by atoms with E-state index in [2.05, 4.69) is 24.9 Å². The van der Waals surface area contributed by atoms with E-state index in [1.165, 1.54) is 18.1 Å². The van der Waals surface area contributed by atoms with E-state index < -0.39 is 0 Å². The highest BCUT2D eigenvalue weighted by molar-refractivity contribution is 5.84. The number of nitrogens with one attached hydrogen (secondary N) is 1. The molecule has 1 unspecified atom stereocenters. The quantitative estimate of drug-likeness (QED) is 0.841. The second-order valence-corrected chi connectivity index (χ2v) is 4.94. The zero-order valence-corrected chi connectivity index (χ0v) is 11.1. The van der Waals surface area contributed by atoms with Crippen molar-refractivity contribution in [2.45, 2.75) is 20.3 Å². The van der Waals surface area contributed by atoms with E-state index in [9.17, 15) is 4.79 Å². The summed E-state index contributed by atoms with van der Waals surface area (Å²) in [7, 11) is 1.45. The van der Waals surface area contributed by atoms with Crippen molar-refractivity contribution in [1.29, 1.82) is 0 Å². The van der Waals surface area contributed by atoms with Crippen LogP contribution in [0.2, 0.25) is 0 Å². The fraction of sp³-hybridized carbons (Fsp3) is 0.400. The fourth-order valence-electron chi connectivity index (χ4n) is 2.28. The number of rotatable bonds is 4. The minimum Gasteiger partial charge on any atom is -0.469 e. The Labute approximate surface area is 107 Å². The highest BCUT2D eigenvalue weighted by atomic mass is 16.5. The van der Waals surface area contributed by atoms with Gasteiger partial charge in [-0.2, -0.15) is 0 Å². The van der Waals surface area contributed by atoms with E-state index >= 15 is 0 Å². The molecule has 96 valence electrons. The minimum atomic E-state index is -0.129. The minimum absolute atomic E-state index is 0.0887. The lowest BCUT2D eigenvalue weighted by atomic mass is 9.89. The molecule has 0 saturated heterocycles. The van der Waals surface area contributed by atoms with E-state index in [4.69, 9.17) is 4.74 Å². The molecule has 18 heavy (non-hydrogen) atoms. The fourth-order valence-corrected chi connectivity index (χ4v) is 2.28. The van der Waals surface area contributed by atoms with E-state index in [0.29, 0.717) is 6.42 Å². The number of benzene rings is 1. The predicted molar refractivity (Wildman–Crippen MR) is 72.3 cm³/mol. The molecule has 2 aromatic rings. The summed E-state index contributed by atoms with van der Waals surface area (Å²) >= 11 is 0. The number of aromatic nitrogens is 1. The molecule has 0 bridgehead atoms. The number of carbonyl (C=O) groups is 1. The van der Waals surface area contributed by atoms with Gasteiger partial charge in [-0.3, -0.25) is 4.79 Å². The van der Waals surface area contributed by atoms with Crippen molar-refractivity contribution in [1.82, 2.24) is 4.98 Å². The summed E-state index contributed by atoms with van der Waals surface area (Å²) in [6, 6.07) is 8.14. The molecule has 0 aliphatic heterocycles. The Morgan fingerprint density at radius 3 is 2.72 bits per heavy atom. The van der Waals surface area contributed by atoms with Crippen molar-refractivity contribution >= 4 is 16.9 Å². The van der Waals surface area contributed by atoms with E-state index in [0.717, 1.165) is 5.52 Å². The van der Waals surface area contributed by atoms with Crippen molar-refractivity contribution in [2.75, 3.05) is 7.11 Å². The second-order valence-electron chi connectivity index (χ2n) is 4.94. The third-order valence-electron chi connectivity index (χ3n) is 3.42. The van der Waals surface area contributed by atoms with Crippen LogP contribution in [0.5, 0.6) is 0 Å². The summed E-state index contributed by atoms with van der Waals surface area (Å²) in [4.78, 5) is 15.0. The third-order valence-corrected chi connectivity index (χ3v) is 3.42. The number of H-pyrrole nitrogens is 1. The van der Waals surface area contributed by atoms with Crippen LogP contribution >= 0.6 is 0 Å². The average Bonchev–Trinajstić information content (AvgIpc) is 2.78. The normalized spacial score (nSPS) is 12.9. The van der Waals surface area contributed by atoms with Gasteiger partial charge in [-0.25, -0.2) is 0 Å². The molecule has 3 nitrogen and oxygen atoms in total. The maximum Gasteiger partial charge on any atom is 0.309 e. The van der Waals surface area contributed by atoms with Crippen LogP contribution in [0.3, 0.4) is 0 Å². The van der Waals surface area contributed by atoms with E-state index in [1.54, 1.807) is 0 Å². The lowest BCUT2D eigenvalue weighted by molar-refractivity contribution is -0.146. The Bertz CT molecular complexity index is 542. The van der Waals surface area contributed by atoms with Crippen molar-refractivity contribution < 1.29 is 9.53 Å². The Kier molecular flexibility index (Phi) is 3.70. The molecule has 2 rings (SSSR count). The number of ether oxygens (including phenoxy) is 1. The van der Waals surface area contributed by atoms with Crippen LogP contribution < -0.4 is 0 Å². The number of hydrogen-bond acceptors (Lipinski definition) is 2. The number of hydrogen-bond donors (Lipinski definition) is 1. The maximum atomic E-state index is 11.8. The zero-order valence-electron chi connectivity index (χ0n) is 11.1. The number of esters is 1. The Morgan fingerprint density at radius 2 is 2.06 bits per heavy atom. The highest BCUT2D eigenvalue weighted by Crippen LogP contribution is 2.24. The molecule has 1 atom stereocenters. The molecule has 1 N–H and O–H groups in total. The van der Waals surface area contributed by atoms with Gasteiger partial charge in [-0.15, -0.1) is 0 Å². The first-order valence-electron chi connectivity index (χ1n) is 6.26. The molecular weight excluding hydrogens is 226 g/mol. The van der Waals surface area contributed by atoms with Crippen molar-refractivity contribution in [3.8, 4) is 0 Å². The predicted octanol–water partition coefficient (Wildman–Crippen LogP) is 3.16. The molecule has 0 fully saturated rings. The molecule has 1 heterocycles. The number of carbonyl (C=O) groups excluding carboxylic acids is 1. The smallest absolute Gasteiger partial charge is 0.309 e. The number of aromatic amines is 1. The lowest BCUT2D eigenvalue weighted by Crippen LogP contribution is -2.23. The average molecular weight is 245 g/mol. The van der Waals surface area contributed by atoms with Crippen LogP contribution in [0.25, 0.3) is 10.9 Å². The molecular formula is C15H19NO2. The molecule has 0 radical (unpaired) electrons. The first kappa shape index (κ1) is 12.7. The van der Waals surface area contributed by atoms with Crippen LogP contribution in [0.1, 0.15) is 19.4 Å². The van der Waals surface area contributed by atoms with Crippen LogP contribution in [0.4, 0.5) is 0 Å². The molecule has 1 aromatic carbocycles. The summed E-state index contributed by atoms with van der Waals surface area (Å²) in [6.07, 6.45) is 2.71. The summed E-state index contributed by atoms with van der Waals surface area (Å²) in [6.45, 7) is 4.10. The molecule has 0 amide bonds. The Hall–Kier alpha value is -1.77. The van der Waals surface area contributed by atoms with Gasteiger partial charge in [0, 0.05) is 17.1 Å². The van der Waals surface area contributed by atoms with Crippen molar-refractivity contribution in [3.05, 3.63) is 36.0 Å². The molecule has 0 aliphatic rings. The second kappa shape index (κ2) is 5.25. The largest absolute Gasteiger partial charge is 0.469 e. The highest BCUT2D eigenvalue weighted by Gasteiger charge is 2.24. The maximum absolute atomic E-state index is 11.8. The van der Waals surface area contributed by atoms with Gasteiger partial charge in [0.15, 0.2) is 0 Å². The summed E-state index contributed by atoms with van der Waals surface area (Å²) in [5.41, 5.74) is 2.29. The van der Waals surface area contributed by atoms with Gasteiger partial charge < -0.3 is 9.72 Å². The van der Waals surface area contributed by atoms with Crippen LogP contribution in [0.15, 0.2) is 30.5 Å². The van der Waals surface area contributed by atoms with Gasteiger partial charge in [0.2, 0.25) is 0 Å². The Balaban J connectivity index is 2.29. The zero-order chi connectivity index (χ0) is 13.1. The standard InChI is InChI=1S/C15H19NO2/c1-10(2)13(15(17)18-3)8-11-9-16-14-7-5-4-6-12(11)14/h4-7,9-10,13,16H,8H2,1-3H3. The van der Waals surface area contributed by atoms with Gasteiger partial charge >= 0.3 is 5.97 Å². The van der Waals surface area contributed by atoms with Gasteiger partial charge in [0.1, 0.15) is 0 Å². The van der Waals surface area contributed by atoms with E-state index in [-0.39, 0.29) is 17.8 Å². The monoisotopic (exact) mass is 245 g/mol. The number of para-hydroxylation sites is 1. The first-order valence-corrected chi connectivity index (χ1v) is 6.26. The molecule has 0 saturated carbocycles. The molecule has 1 aromatic heterocycles. The molecule has 3 heteroatoms. The summed E-state index contributed by atoms with van der Waals surface area (Å²) in [5, 5.41) is 1.19. The van der Waals surface area contributed by atoms with Gasteiger partial charge in [0.25, 0.3) is 0 Å². The summed E-state index contributed by atoms with van der Waals surface area (Å²) in [5.74, 6) is 0.0515.